The van der Waals surface area contributed by atoms with Gasteiger partial charge in [-0.3, -0.25) is 9.59 Å². The van der Waals surface area contributed by atoms with Gasteiger partial charge in [-0.15, -0.1) is 0 Å². The van der Waals surface area contributed by atoms with Gasteiger partial charge in [-0.2, -0.15) is 0 Å². The second kappa shape index (κ2) is 13.8. The van der Waals surface area contributed by atoms with Gasteiger partial charge in [0.25, 0.3) is 5.91 Å². The molecular formula is C30H35BrN2O4. The van der Waals surface area contributed by atoms with E-state index in [0.717, 1.165) is 21.2 Å². The van der Waals surface area contributed by atoms with Crippen LogP contribution in [0.25, 0.3) is 0 Å². The number of methoxy groups -OCH3 is 1. The molecule has 1 atom stereocenters. The first-order valence-corrected chi connectivity index (χ1v) is 13.2. The lowest BCUT2D eigenvalue weighted by molar-refractivity contribution is -0.142. The van der Waals surface area contributed by atoms with Crippen molar-refractivity contribution in [1.82, 2.24) is 10.2 Å². The molecule has 1 N–H and O–H groups in total. The van der Waals surface area contributed by atoms with Crippen LogP contribution in [0.2, 0.25) is 0 Å². The zero-order valence-electron chi connectivity index (χ0n) is 21.9. The van der Waals surface area contributed by atoms with E-state index in [2.05, 4.69) is 21.2 Å². The summed E-state index contributed by atoms with van der Waals surface area (Å²) in [5, 5.41) is 3.03. The van der Waals surface area contributed by atoms with Gasteiger partial charge in [0.15, 0.2) is 6.61 Å². The lowest BCUT2D eigenvalue weighted by Crippen LogP contribution is -2.52. The number of hydrogen-bond acceptors (Lipinski definition) is 4. The monoisotopic (exact) mass is 566 g/mol. The number of halogens is 1. The van der Waals surface area contributed by atoms with Crippen LogP contribution >= 0.6 is 15.9 Å². The molecule has 0 fully saturated rings. The minimum Gasteiger partial charge on any atom is -0.497 e. The summed E-state index contributed by atoms with van der Waals surface area (Å²) in [6.45, 7) is 6.63. The summed E-state index contributed by atoms with van der Waals surface area (Å²) in [6, 6.07) is 22.1. The number of nitrogens with zero attached hydrogens (tertiary/aromatic N) is 1. The van der Waals surface area contributed by atoms with Crippen LogP contribution in [0.3, 0.4) is 0 Å². The van der Waals surface area contributed by atoms with Crippen molar-refractivity contribution in [2.75, 3.05) is 20.3 Å². The molecule has 3 aromatic rings. The predicted octanol–water partition coefficient (Wildman–Crippen LogP) is 5.56. The van der Waals surface area contributed by atoms with Gasteiger partial charge in [-0.05, 0) is 59.9 Å². The van der Waals surface area contributed by atoms with Crippen LogP contribution in [0.1, 0.15) is 30.5 Å². The van der Waals surface area contributed by atoms with Crippen LogP contribution in [0.4, 0.5) is 0 Å². The zero-order valence-corrected chi connectivity index (χ0v) is 23.5. The van der Waals surface area contributed by atoms with Gasteiger partial charge in [-0.1, -0.05) is 72.2 Å². The number of aryl methyl sites for hydroxylation is 1. The highest BCUT2D eigenvalue weighted by atomic mass is 79.9. The Bertz CT molecular complexity index is 1180. The van der Waals surface area contributed by atoms with E-state index in [9.17, 15) is 9.59 Å². The van der Waals surface area contributed by atoms with Gasteiger partial charge in [0.05, 0.1) is 7.11 Å². The number of nitrogens with one attached hydrogen (secondary N) is 1. The van der Waals surface area contributed by atoms with E-state index in [4.69, 9.17) is 9.47 Å². The summed E-state index contributed by atoms with van der Waals surface area (Å²) in [7, 11) is 1.60. The molecule has 0 aliphatic heterocycles. The van der Waals surface area contributed by atoms with Crippen LogP contribution in [-0.2, 0) is 22.6 Å². The largest absolute Gasteiger partial charge is 0.497 e. The summed E-state index contributed by atoms with van der Waals surface area (Å²) in [5.74, 6) is 1.11. The van der Waals surface area contributed by atoms with Crippen LogP contribution < -0.4 is 14.8 Å². The van der Waals surface area contributed by atoms with Gasteiger partial charge in [0.1, 0.15) is 17.5 Å². The molecule has 0 spiro atoms. The second-order valence-electron chi connectivity index (χ2n) is 9.42. The van der Waals surface area contributed by atoms with Crippen LogP contribution in [0.5, 0.6) is 11.5 Å². The number of rotatable bonds is 12. The normalized spacial score (nSPS) is 11.6. The van der Waals surface area contributed by atoms with Crippen LogP contribution in [0.15, 0.2) is 77.3 Å². The van der Waals surface area contributed by atoms with Crippen molar-refractivity contribution in [1.29, 1.82) is 0 Å². The Morgan fingerprint density at radius 3 is 2.35 bits per heavy atom. The van der Waals surface area contributed by atoms with E-state index >= 15 is 0 Å². The average Bonchev–Trinajstić information content (AvgIpc) is 2.90. The molecular weight excluding hydrogens is 532 g/mol. The second-order valence-corrected chi connectivity index (χ2v) is 10.3. The fourth-order valence-electron chi connectivity index (χ4n) is 3.88. The molecule has 0 saturated heterocycles. The average molecular weight is 568 g/mol. The van der Waals surface area contributed by atoms with E-state index in [1.165, 1.54) is 0 Å². The number of ether oxygens (including phenoxy) is 2. The molecule has 2 amide bonds. The van der Waals surface area contributed by atoms with E-state index in [1.54, 1.807) is 12.0 Å². The Labute approximate surface area is 228 Å². The van der Waals surface area contributed by atoms with Gasteiger partial charge in [0.2, 0.25) is 5.91 Å². The smallest absolute Gasteiger partial charge is 0.261 e. The van der Waals surface area contributed by atoms with E-state index in [1.807, 2.05) is 93.6 Å². The molecule has 0 aromatic heterocycles. The first-order chi connectivity index (χ1) is 17.8. The minimum atomic E-state index is -0.713. The third kappa shape index (κ3) is 8.64. The SMILES string of the molecule is COc1cccc(CN(C(=O)COc2ccc(Br)c(C)c2)[C@H](Cc2ccccc2)C(=O)NCC(C)C)c1. The molecule has 3 aromatic carbocycles. The first kappa shape index (κ1) is 28.3. The maximum atomic E-state index is 13.7. The number of carbonyl (C=O) groups excluding carboxylic acids is 2. The highest BCUT2D eigenvalue weighted by Crippen LogP contribution is 2.22. The fraction of sp³-hybridized carbons (Fsp3) is 0.333. The fourth-order valence-corrected chi connectivity index (χ4v) is 4.13. The maximum Gasteiger partial charge on any atom is 0.261 e. The molecule has 0 saturated carbocycles. The van der Waals surface area contributed by atoms with Crippen molar-refractivity contribution >= 4 is 27.7 Å². The summed E-state index contributed by atoms with van der Waals surface area (Å²) in [5.41, 5.74) is 2.84. The molecule has 0 aliphatic carbocycles. The first-order valence-electron chi connectivity index (χ1n) is 12.4. The summed E-state index contributed by atoms with van der Waals surface area (Å²) >= 11 is 3.49. The Balaban J connectivity index is 1.91. The van der Waals surface area contributed by atoms with Crippen molar-refractivity contribution in [3.05, 3.63) is 94.0 Å². The summed E-state index contributed by atoms with van der Waals surface area (Å²) in [4.78, 5) is 28.8. The van der Waals surface area contributed by atoms with Gasteiger partial charge in [-0.25, -0.2) is 0 Å². The molecule has 0 heterocycles. The highest BCUT2D eigenvalue weighted by molar-refractivity contribution is 9.10. The number of amides is 2. The van der Waals surface area contributed by atoms with Gasteiger partial charge >= 0.3 is 0 Å². The standard InChI is InChI=1S/C30H35BrN2O4/c1-21(2)18-32-30(35)28(17-23-9-6-5-7-10-23)33(19-24-11-8-12-25(16-24)36-4)29(34)20-37-26-13-14-27(31)22(3)15-26/h5-16,21,28H,17-20H2,1-4H3,(H,32,35)/t28-/m1/s1. The minimum absolute atomic E-state index is 0.187. The summed E-state index contributed by atoms with van der Waals surface area (Å²) in [6.07, 6.45) is 0.387. The summed E-state index contributed by atoms with van der Waals surface area (Å²) < 4.78 is 12.2. The molecule has 3 rings (SSSR count). The molecule has 196 valence electrons. The number of benzene rings is 3. The van der Waals surface area contributed by atoms with Gasteiger partial charge < -0.3 is 19.7 Å². The van der Waals surface area contributed by atoms with Crippen molar-refractivity contribution in [3.63, 3.8) is 0 Å². The molecule has 0 radical (unpaired) electrons. The highest BCUT2D eigenvalue weighted by Gasteiger charge is 2.31. The zero-order chi connectivity index (χ0) is 26.8. The molecule has 0 unspecified atom stereocenters. The van der Waals surface area contributed by atoms with Crippen molar-refractivity contribution < 1.29 is 19.1 Å². The van der Waals surface area contributed by atoms with Crippen LogP contribution in [0, 0.1) is 12.8 Å². The van der Waals surface area contributed by atoms with E-state index in [-0.39, 0.29) is 30.9 Å². The Morgan fingerprint density at radius 1 is 0.946 bits per heavy atom. The lowest BCUT2D eigenvalue weighted by Gasteiger charge is -2.31. The van der Waals surface area contributed by atoms with E-state index < -0.39 is 6.04 Å². The van der Waals surface area contributed by atoms with E-state index in [0.29, 0.717) is 24.5 Å². The topological polar surface area (TPSA) is 67.9 Å². The lowest BCUT2D eigenvalue weighted by atomic mass is 10.0. The number of hydrogen-bond donors (Lipinski definition) is 1. The predicted molar refractivity (Wildman–Crippen MR) is 150 cm³/mol. The molecule has 37 heavy (non-hydrogen) atoms. The van der Waals surface area contributed by atoms with Crippen LogP contribution in [-0.4, -0.2) is 43.0 Å². The molecule has 7 heteroatoms. The van der Waals surface area contributed by atoms with Crippen molar-refractivity contribution in [2.45, 2.75) is 39.8 Å². The number of carbonyl (C=O) groups is 2. The Morgan fingerprint density at radius 2 is 1.68 bits per heavy atom. The Hall–Kier alpha value is -3.32. The maximum absolute atomic E-state index is 13.7. The van der Waals surface area contributed by atoms with Crippen molar-refractivity contribution in [3.8, 4) is 11.5 Å². The molecule has 6 nitrogen and oxygen atoms in total. The third-order valence-electron chi connectivity index (χ3n) is 5.93. The van der Waals surface area contributed by atoms with Crippen molar-refractivity contribution in [2.24, 2.45) is 5.92 Å². The Kier molecular flexibility index (Phi) is 10.6. The third-order valence-corrected chi connectivity index (χ3v) is 6.82. The van der Waals surface area contributed by atoms with Gasteiger partial charge in [0, 0.05) is 24.0 Å². The molecule has 0 aliphatic rings. The molecule has 0 bridgehead atoms. The quantitative estimate of drug-likeness (QED) is 0.312.